The third kappa shape index (κ3) is 1.95. The van der Waals surface area contributed by atoms with E-state index in [1.165, 1.54) is 6.08 Å². The fourth-order valence-electron chi connectivity index (χ4n) is 6.27. The molecule has 1 N–H and O–H groups in total. The second kappa shape index (κ2) is 5.17. The normalized spacial score (nSPS) is 50.4. The fourth-order valence-corrected chi connectivity index (χ4v) is 6.27. The van der Waals surface area contributed by atoms with Crippen molar-refractivity contribution >= 4 is 5.78 Å². The number of ketones is 1. The van der Waals surface area contributed by atoms with Gasteiger partial charge in [-0.2, -0.15) is 0 Å². The van der Waals surface area contributed by atoms with E-state index in [4.69, 9.17) is 4.74 Å². The number of ether oxygens (including phenoxy) is 1. The number of fused-ring (bicyclic) bond motifs is 5. The van der Waals surface area contributed by atoms with Crippen LogP contribution in [0.5, 0.6) is 0 Å². The van der Waals surface area contributed by atoms with Gasteiger partial charge in [0.05, 0.1) is 13.2 Å². The molecular weight excluding hydrogens is 307 g/mol. The van der Waals surface area contributed by atoms with Crippen LogP contribution in [0, 0.1) is 28.6 Å². The first-order chi connectivity index (χ1) is 11.3. The van der Waals surface area contributed by atoms with E-state index in [0.29, 0.717) is 17.8 Å². The van der Waals surface area contributed by atoms with Gasteiger partial charge < -0.3 is 9.84 Å². The number of hydrogen-bond donors (Lipinski definition) is 1. The van der Waals surface area contributed by atoms with Gasteiger partial charge >= 0.3 is 0 Å². The average Bonchev–Trinajstić information content (AvgIpc) is 2.84. The molecule has 7 atom stereocenters. The summed E-state index contributed by atoms with van der Waals surface area (Å²) in [5, 5.41) is 10.5. The summed E-state index contributed by atoms with van der Waals surface area (Å²) in [5.41, 5.74) is 0.480. The van der Waals surface area contributed by atoms with Gasteiger partial charge in [-0.1, -0.05) is 13.8 Å². The first-order valence-corrected chi connectivity index (χ1v) is 9.15. The molecule has 4 aliphatic carbocycles. The molecule has 3 nitrogen and oxygen atoms in total. The van der Waals surface area contributed by atoms with E-state index in [2.05, 4.69) is 19.9 Å². The maximum Gasteiger partial charge on any atom is 0.190 e. The van der Waals surface area contributed by atoms with Crippen LogP contribution in [-0.4, -0.2) is 30.3 Å². The van der Waals surface area contributed by atoms with E-state index >= 15 is 0 Å². The quantitative estimate of drug-likeness (QED) is 0.797. The van der Waals surface area contributed by atoms with Crippen molar-refractivity contribution < 1.29 is 19.0 Å². The molecule has 0 aromatic carbocycles. The van der Waals surface area contributed by atoms with Crippen LogP contribution >= 0.6 is 0 Å². The van der Waals surface area contributed by atoms with Gasteiger partial charge in [-0.3, -0.25) is 4.79 Å². The van der Waals surface area contributed by atoms with Crippen LogP contribution in [0.25, 0.3) is 0 Å². The van der Waals surface area contributed by atoms with Crippen molar-refractivity contribution in [2.24, 2.45) is 28.6 Å². The first-order valence-electron chi connectivity index (χ1n) is 9.15. The Morgan fingerprint density at radius 1 is 1.25 bits per heavy atom. The number of aliphatic hydroxyl groups excluding tert-OH is 1. The van der Waals surface area contributed by atoms with Gasteiger partial charge in [0.2, 0.25) is 0 Å². The number of methoxy groups -OCH3 is 1. The van der Waals surface area contributed by atoms with Crippen molar-refractivity contribution in [3.8, 4) is 0 Å². The zero-order valence-electron chi connectivity index (χ0n) is 14.7. The largest absolute Gasteiger partial charge is 0.497 e. The minimum Gasteiger partial charge on any atom is -0.497 e. The zero-order chi connectivity index (χ0) is 17.3. The molecule has 0 aliphatic heterocycles. The highest BCUT2D eigenvalue weighted by atomic mass is 19.1. The number of allylic oxidation sites excluding steroid dienone is 3. The Morgan fingerprint density at radius 3 is 2.71 bits per heavy atom. The third-order valence-corrected chi connectivity index (χ3v) is 7.74. The van der Waals surface area contributed by atoms with Crippen LogP contribution < -0.4 is 0 Å². The molecule has 0 saturated heterocycles. The molecule has 0 heterocycles. The minimum absolute atomic E-state index is 0.0479. The molecule has 4 heteroatoms. The number of alkyl halides is 1. The van der Waals surface area contributed by atoms with Gasteiger partial charge in [0.1, 0.15) is 5.76 Å². The number of rotatable bonds is 1. The average molecular weight is 334 g/mol. The summed E-state index contributed by atoms with van der Waals surface area (Å²) in [6.07, 6.45) is 6.07. The maximum atomic E-state index is 14.3. The van der Waals surface area contributed by atoms with Crippen LogP contribution in [-0.2, 0) is 9.53 Å². The molecule has 0 aromatic rings. The summed E-state index contributed by atoms with van der Waals surface area (Å²) in [4.78, 5) is 11.9. The Kier molecular flexibility index (Phi) is 3.51. The molecule has 2 fully saturated rings. The molecule has 0 radical (unpaired) electrons. The lowest BCUT2D eigenvalue weighted by molar-refractivity contribution is -0.123. The van der Waals surface area contributed by atoms with Crippen LogP contribution in [0.1, 0.15) is 46.0 Å². The molecule has 0 amide bonds. The Labute approximate surface area is 143 Å². The lowest BCUT2D eigenvalue weighted by atomic mass is 9.49. The number of hydrogen-bond acceptors (Lipinski definition) is 3. The summed E-state index contributed by atoms with van der Waals surface area (Å²) < 4.78 is 19.9. The Balaban J connectivity index is 1.82. The van der Waals surface area contributed by atoms with Crippen molar-refractivity contribution in [3.05, 3.63) is 23.5 Å². The number of halogens is 1. The molecular formula is C20H27FO3. The van der Waals surface area contributed by atoms with Gasteiger partial charge in [-0.15, -0.1) is 0 Å². The highest BCUT2D eigenvalue weighted by molar-refractivity contribution is 5.96. The van der Waals surface area contributed by atoms with Crippen LogP contribution in [0.15, 0.2) is 23.5 Å². The van der Waals surface area contributed by atoms with E-state index in [9.17, 15) is 14.3 Å². The van der Waals surface area contributed by atoms with Crippen LogP contribution in [0.2, 0.25) is 0 Å². The van der Waals surface area contributed by atoms with E-state index in [1.807, 2.05) is 0 Å². The molecule has 0 spiro atoms. The van der Waals surface area contributed by atoms with Crippen molar-refractivity contribution in [2.75, 3.05) is 7.11 Å². The van der Waals surface area contributed by atoms with E-state index in [1.54, 1.807) is 7.11 Å². The summed E-state index contributed by atoms with van der Waals surface area (Å²) in [6, 6.07) is 0. The Morgan fingerprint density at radius 2 is 2.00 bits per heavy atom. The zero-order valence-corrected chi connectivity index (χ0v) is 14.7. The summed E-state index contributed by atoms with van der Waals surface area (Å²) in [5.74, 6) is 1.33. The second-order valence-corrected chi connectivity index (χ2v) is 8.71. The Hall–Kier alpha value is -1.16. The van der Waals surface area contributed by atoms with E-state index < -0.39 is 12.0 Å². The van der Waals surface area contributed by atoms with Crippen LogP contribution in [0.4, 0.5) is 4.39 Å². The number of carbonyl (C=O) groups excluding carboxylic acids is 1. The number of carbonyl (C=O) groups is 1. The van der Waals surface area contributed by atoms with Crippen molar-refractivity contribution in [1.29, 1.82) is 0 Å². The van der Waals surface area contributed by atoms with Gasteiger partial charge in [-0.25, -0.2) is 4.39 Å². The van der Waals surface area contributed by atoms with Gasteiger partial charge in [0, 0.05) is 11.0 Å². The molecule has 4 aliphatic rings. The molecule has 0 bridgehead atoms. The van der Waals surface area contributed by atoms with Crippen molar-refractivity contribution in [1.82, 2.24) is 0 Å². The number of aliphatic hydroxyl groups is 1. The predicted molar refractivity (Wildman–Crippen MR) is 88.9 cm³/mol. The van der Waals surface area contributed by atoms with E-state index in [0.717, 1.165) is 37.0 Å². The van der Waals surface area contributed by atoms with Gasteiger partial charge in [0.25, 0.3) is 0 Å². The Bertz CT molecular complexity index is 639. The molecule has 24 heavy (non-hydrogen) atoms. The van der Waals surface area contributed by atoms with Gasteiger partial charge in [-0.05, 0) is 67.4 Å². The highest BCUT2D eigenvalue weighted by Gasteiger charge is 2.60. The van der Waals surface area contributed by atoms with Crippen molar-refractivity contribution in [2.45, 2.75) is 58.2 Å². The van der Waals surface area contributed by atoms with E-state index in [-0.39, 0.29) is 23.4 Å². The SMILES string of the molecule is COC1=C[C@H]2[C@@H]3CC[C@H](O)[C@@]3(C)CC[C@@H]2[C@@]2(C)C[C@@H](F)C(=O)C=C12. The highest BCUT2D eigenvalue weighted by Crippen LogP contribution is 2.64. The summed E-state index contributed by atoms with van der Waals surface area (Å²) in [6.45, 7) is 4.32. The minimum atomic E-state index is -1.40. The lowest BCUT2D eigenvalue weighted by Gasteiger charge is -2.56. The standard InChI is InChI=1S/C20H27FO3/c1-19-7-6-13-11(12(19)4-5-18(19)23)8-17(24-3)14-9-16(22)15(21)10-20(13,14)2/h8-9,11-13,15,18,23H,4-7,10H2,1-3H3/t11-,12-,13-,15+,18-,19-,20+/m0/s1. The molecule has 0 unspecified atom stereocenters. The third-order valence-electron chi connectivity index (χ3n) is 7.74. The van der Waals surface area contributed by atoms with Gasteiger partial charge in [0.15, 0.2) is 12.0 Å². The predicted octanol–water partition coefficient (Wildman–Crippen LogP) is 3.58. The summed E-state index contributed by atoms with van der Waals surface area (Å²) in [7, 11) is 1.63. The first kappa shape index (κ1) is 16.3. The molecule has 4 rings (SSSR count). The van der Waals surface area contributed by atoms with Crippen molar-refractivity contribution in [3.63, 3.8) is 0 Å². The monoisotopic (exact) mass is 334 g/mol. The summed E-state index contributed by atoms with van der Waals surface area (Å²) >= 11 is 0. The topological polar surface area (TPSA) is 46.5 Å². The maximum absolute atomic E-state index is 14.3. The lowest BCUT2D eigenvalue weighted by Crippen LogP contribution is -2.52. The molecule has 0 aromatic heterocycles. The molecule has 2 saturated carbocycles. The smallest absolute Gasteiger partial charge is 0.190 e. The van der Waals surface area contributed by atoms with Crippen LogP contribution in [0.3, 0.4) is 0 Å². The molecule has 132 valence electrons. The fraction of sp³-hybridized carbons (Fsp3) is 0.750. The second-order valence-electron chi connectivity index (χ2n) is 8.71.